The van der Waals surface area contributed by atoms with Crippen molar-refractivity contribution in [2.24, 2.45) is 0 Å². The Bertz CT molecular complexity index is 1310. The zero-order valence-electron chi connectivity index (χ0n) is 22.9. The molecule has 3 aromatic rings. The van der Waals surface area contributed by atoms with Gasteiger partial charge in [0.1, 0.15) is 5.60 Å². The molecular formula is C30H36ClN3O3S. The third-order valence-corrected chi connectivity index (χ3v) is 7.73. The molecule has 38 heavy (non-hydrogen) atoms. The van der Waals surface area contributed by atoms with Crippen molar-refractivity contribution < 1.29 is 14.3 Å². The number of alkyl carbamates (subject to hydrolysis) is 1. The number of piperidine rings is 1. The maximum Gasteiger partial charge on any atom is 0.407 e. The van der Waals surface area contributed by atoms with Gasteiger partial charge >= 0.3 is 6.09 Å². The van der Waals surface area contributed by atoms with Gasteiger partial charge in [0.15, 0.2) is 0 Å². The number of carbonyl (C=O) groups excluding carboxylic acids is 2. The predicted octanol–water partition coefficient (Wildman–Crippen LogP) is 7.56. The molecule has 1 N–H and O–H groups in total. The predicted molar refractivity (Wildman–Crippen MR) is 155 cm³/mol. The van der Waals surface area contributed by atoms with Crippen LogP contribution in [0.1, 0.15) is 70.4 Å². The molecule has 0 radical (unpaired) electrons. The third-order valence-electron chi connectivity index (χ3n) is 6.44. The first-order valence-electron chi connectivity index (χ1n) is 12.9. The summed E-state index contributed by atoms with van der Waals surface area (Å²) in [4.78, 5) is 32.7. The number of benzene rings is 1. The molecule has 6 nitrogen and oxygen atoms in total. The summed E-state index contributed by atoms with van der Waals surface area (Å²) < 4.78 is 5.34. The molecule has 0 atom stereocenters. The number of ether oxygens (including phenoxy) is 1. The third kappa shape index (κ3) is 6.94. The summed E-state index contributed by atoms with van der Waals surface area (Å²) in [7, 11) is 0. The minimum absolute atomic E-state index is 0.00692. The van der Waals surface area contributed by atoms with Crippen LogP contribution in [-0.2, 0) is 10.2 Å². The summed E-state index contributed by atoms with van der Waals surface area (Å²) >= 11 is 8.35. The van der Waals surface area contributed by atoms with Crippen LogP contribution in [0.3, 0.4) is 0 Å². The van der Waals surface area contributed by atoms with Crippen LogP contribution < -0.4 is 5.32 Å². The Morgan fingerprint density at radius 2 is 1.74 bits per heavy atom. The van der Waals surface area contributed by atoms with Crippen LogP contribution >= 0.6 is 22.9 Å². The number of nitrogens with one attached hydrogen (secondary N) is 1. The molecule has 0 saturated carbocycles. The number of nitrogens with zero attached hydrogens (tertiary/aromatic N) is 2. The Morgan fingerprint density at radius 3 is 2.37 bits per heavy atom. The number of aromatic nitrogens is 1. The van der Waals surface area contributed by atoms with E-state index in [0.717, 1.165) is 27.3 Å². The molecule has 2 amide bonds. The number of amides is 2. The Balaban J connectivity index is 1.41. The molecule has 0 spiro atoms. The largest absolute Gasteiger partial charge is 0.444 e. The van der Waals surface area contributed by atoms with Crippen molar-refractivity contribution in [3.8, 4) is 21.6 Å². The van der Waals surface area contributed by atoms with Gasteiger partial charge in [0.2, 0.25) is 0 Å². The van der Waals surface area contributed by atoms with Gasteiger partial charge in [0.05, 0.1) is 0 Å². The molecule has 1 fully saturated rings. The second-order valence-corrected chi connectivity index (χ2v) is 13.1. The highest BCUT2D eigenvalue weighted by Crippen LogP contribution is 2.37. The van der Waals surface area contributed by atoms with Gasteiger partial charge in [-0.1, -0.05) is 38.4 Å². The van der Waals surface area contributed by atoms with Gasteiger partial charge in [0.25, 0.3) is 5.91 Å². The van der Waals surface area contributed by atoms with E-state index in [0.29, 0.717) is 36.5 Å². The van der Waals surface area contributed by atoms with Crippen LogP contribution in [0.5, 0.6) is 0 Å². The minimum atomic E-state index is -0.536. The highest BCUT2D eigenvalue weighted by molar-refractivity contribution is 7.14. The molecule has 0 unspecified atom stereocenters. The van der Waals surface area contributed by atoms with Gasteiger partial charge in [-0.25, -0.2) is 4.79 Å². The number of likely N-dealkylation sites (tertiary alicyclic amines) is 1. The minimum Gasteiger partial charge on any atom is -0.444 e. The summed E-state index contributed by atoms with van der Waals surface area (Å²) in [5.41, 5.74) is 4.12. The van der Waals surface area contributed by atoms with Crippen molar-refractivity contribution in [3.63, 3.8) is 0 Å². The molecule has 1 saturated heterocycles. The molecule has 0 bridgehead atoms. The summed E-state index contributed by atoms with van der Waals surface area (Å²) in [5.74, 6) is -0.0494. The summed E-state index contributed by atoms with van der Waals surface area (Å²) in [6.45, 7) is 13.1. The highest BCUT2D eigenvalue weighted by atomic mass is 35.5. The molecule has 1 aromatic carbocycles. The zero-order chi connectivity index (χ0) is 27.7. The number of pyridine rings is 1. The van der Waals surface area contributed by atoms with Crippen LogP contribution in [0, 0.1) is 0 Å². The van der Waals surface area contributed by atoms with Gasteiger partial charge < -0.3 is 15.0 Å². The molecule has 1 aliphatic heterocycles. The SMILES string of the molecule is CC(C)(C)OC(=O)NC1CCN(C(=O)c2ccc(-c3csc(-c4ccnc(C(C)(C)C)c4)c3)c(Cl)c2)CC1. The Labute approximate surface area is 234 Å². The second-order valence-electron chi connectivity index (χ2n) is 11.8. The fourth-order valence-corrected chi connectivity index (χ4v) is 5.59. The van der Waals surface area contributed by atoms with E-state index in [1.54, 1.807) is 17.4 Å². The topological polar surface area (TPSA) is 71.5 Å². The lowest BCUT2D eigenvalue weighted by Gasteiger charge is -2.33. The molecule has 3 heterocycles. The molecule has 1 aliphatic rings. The lowest BCUT2D eigenvalue weighted by Crippen LogP contribution is -2.47. The Kier molecular flexibility index (Phi) is 8.19. The first-order chi connectivity index (χ1) is 17.8. The number of hydrogen-bond donors (Lipinski definition) is 1. The summed E-state index contributed by atoms with van der Waals surface area (Å²) in [6, 6.07) is 11.8. The van der Waals surface area contributed by atoms with Crippen molar-refractivity contribution in [1.82, 2.24) is 15.2 Å². The fourth-order valence-electron chi connectivity index (χ4n) is 4.39. The normalized spacial score (nSPS) is 14.9. The van der Waals surface area contributed by atoms with E-state index in [2.05, 4.69) is 48.6 Å². The first-order valence-corrected chi connectivity index (χ1v) is 14.2. The average molecular weight is 554 g/mol. The zero-order valence-corrected chi connectivity index (χ0v) is 24.5. The van der Waals surface area contributed by atoms with E-state index < -0.39 is 11.7 Å². The molecule has 2 aromatic heterocycles. The molecule has 202 valence electrons. The number of thiophene rings is 1. The highest BCUT2D eigenvalue weighted by Gasteiger charge is 2.27. The lowest BCUT2D eigenvalue weighted by atomic mass is 9.90. The van der Waals surface area contributed by atoms with Crippen LogP contribution in [0.2, 0.25) is 5.02 Å². The van der Waals surface area contributed by atoms with E-state index in [9.17, 15) is 9.59 Å². The van der Waals surface area contributed by atoms with Gasteiger partial charge in [-0.2, -0.15) is 0 Å². The first kappa shape index (κ1) is 28.1. The van der Waals surface area contributed by atoms with E-state index in [4.69, 9.17) is 16.3 Å². The summed E-state index contributed by atoms with van der Waals surface area (Å²) in [6.07, 6.45) is 2.81. The van der Waals surface area contributed by atoms with Crippen molar-refractivity contribution in [2.45, 2.75) is 71.4 Å². The number of carbonyl (C=O) groups is 2. The Morgan fingerprint density at radius 1 is 1.03 bits per heavy atom. The van der Waals surface area contributed by atoms with Gasteiger partial charge in [-0.05, 0) is 80.5 Å². The molecular weight excluding hydrogens is 518 g/mol. The maximum atomic E-state index is 13.2. The average Bonchev–Trinajstić information content (AvgIpc) is 3.32. The van der Waals surface area contributed by atoms with Crippen molar-refractivity contribution in [2.75, 3.05) is 13.1 Å². The quantitative estimate of drug-likeness (QED) is 0.362. The summed E-state index contributed by atoms with van der Waals surface area (Å²) in [5, 5.41) is 5.55. The second kappa shape index (κ2) is 11.1. The van der Waals surface area contributed by atoms with E-state index in [-0.39, 0.29) is 17.4 Å². The molecule has 8 heteroatoms. The number of halogens is 1. The maximum absolute atomic E-state index is 13.2. The van der Waals surface area contributed by atoms with Crippen LogP contribution in [0.4, 0.5) is 4.79 Å². The monoisotopic (exact) mass is 553 g/mol. The Hall–Kier alpha value is -2.90. The van der Waals surface area contributed by atoms with Crippen LogP contribution in [0.15, 0.2) is 48.0 Å². The number of rotatable bonds is 4. The van der Waals surface area contributed by atoms with Crippen molar-refractivity contribution in [1.29, 1.82) is 0 Å². The van der Waals surface area contributed by atoms with E-state index >= 15 is 0 Å². The van der Waals surface area contributed by atoms with Crippen LogP contribution in [-0.4, -0.2) is 46.6 Å². The van der Waals surface area contributed by atoms with Gasteiger partial charge in [0, 0.05) is 57.5 Å². The van der Waals surface area contributed by atoms with E-state index in [1.807, 2.05) is 50.1 Å². The van der Waals surface area contributed by atoms with Gasteiger partial charge in [-0.3, -0.25) is 9.78 Å². The smallest absolute Gasteiger partial charge is 0.407 e. The van der Waals surface area contributed by atoms with Crippen molar-refractivity contribution in [3.05, 3.63) is 64.3 Å². The van der Waals surface area contributed by atoms with Crippen molar-refractivity contribution >= 4 is 34.9 Å². The molecule has 4 rings (SSSR count). The number of hydrogen-bond acceptors (Lipinski definition) is 5. The lowest BCUT2D eigenvalue weighted by molar-refractivity contribution is 0.0473. The van der Waals surface area contributed by atoms with Crippen LogP contribution in [0.25, 0.3) is 21.6 Å². The van der Waals surface area contributed by atoms with E-state index in [1.165, 1.54) is 0 Å². The molecule has 0 aliphatic carbocycles. The standard InChI is InChI=1S/C30H36ClN3O3S/c1-29(2,3)26-17-19(9-12-32-26)25-16-21(18-38-25)23-8-7-20(15-24(23)31)27(35)34-13-10-22(11-14-34)33-28(36)37-30(4,5)6/h7-9,12,15-18,22H,10-11,13-14H2,1-6H3,(H,33,36). The van der Waals surface area contributed by atoms with Gasteiger partial charge in [-0.15, -0.1) is 11.3 Å². The fraction of sp³-hybridized carbons (Fsp3) is 0.433.